The van der Waals surface area contributed by atoms with Crippen LogP contribution in [0.4, 0.5) is 0 Å². The van der Waals surface area contributed by atoms with Gasteiger partial charge in [0.25, 0.3) is 0 Å². The monoisotopic (exact) mass is 262 g/mol. The quantitative estimate of drug-likeness (QED) is 0.618. The Hall–Kier alpha value is -1.84. The summed E-state index contributed by atoms with van der Waals surface area (Å²) in [5.41, 5.74) is -0.169. The smallest absolute Gasteiger partial charge is 0.323 e. The normalized spacial score (nSPS) is 16.9. The fourth-order valence-electron chi connectivity index (χ4n) is 2.53. The van der Waals surface area contributed by atoms with Gasteiger partial charge in [-0.25, -0.2) is 0 Å². The molecule has 19 heavy (non-hydrogen) atoms. The molecule has 1 saturated carbocycles. The lowest BCUT2D eigenvalue weighted by atomic mass is 9.86. The fraction of sp³-hybridized carbons (Fsp3) is 0.467. The van der Waals surface area contributed by atoms with Crippen LogP contribution in [0.5, 0.6) is 0 Å². The lowest BCUT2D eigenvalue weighted by Crippen LogP contribution is -2.39. The second kappa shape index (κ2) is 5.87. The first-order valence-corrected chi connectivity index (χ1v) is 6.48. The summed E-state index contributed by atoms with van der Waals surface area (Å²) in [6.07, 6.45) is 2.76. The van der Waals surface area contributed by atoms with E-state index in [9.17, 15) is 9.59 Å². The van der Waals surface area contributed by atoms with Gasteiger partial charge in [0.2, 0.25) is 0 Å². The first-order chi connectivity index (χ1) is 9.19. The number of hydrogen-bond donors (Lipinski definition) is 0. The molecule has 0 aliphatic heterocycles. The summed E-state index contributed by atoms with van der Waals surface area (Å²) < 4.78 is 10.1. The van der Waals surface area contributed by atoms with E-state index in [1.54, 1.807) is 0 Å². The molecule has 0 bridgehead atoms. The van der Waals surface area contributed by atoms with Gasteiger partial charge in [-0.1, -0.05) is 43.2 Å². The first kappa shape index (κ1) is 13.6. The van der Waals surface area contributed by atoms with Crippen molar-refractivity contribution in [3.05, 3.63) is 35.9 Å². The van der Waals surface area contributed by atoms with E-state index in [-0.39, 0.29) is 6.61 Å². The first-order valence-electron chi connectivity index (χ1n) is 6.48. The predicted octanol–water partition coefficient (Wildman–Crippen LogP) is 2.46. The summed E-state index contributed by atoms with van der Waals surface area (Å²) in [5, 5.41) is 0. The van der Waals surface area contributed by atoms with Gasteiger partial charge in [0, 0.05) is 0 Å². The maximum absolute atomic E-state index is 12.2. The molecule has 1 aliphatic rings. The van der Waals surface area contributed by atoms with Gasteiger partial charge in [0.05, 0.1) is 7.11 Å². The van der Waals surface area contributed by atoms with Crippen molar-refractivity contribution in [2.24, 2.45) is 5.41 Å². The molecule has 1 aromatic rings. The molecule has 0 heterocycles. The van der Waals surface area contributed by atoms with Crippen molar-refractivity contribution in [2.75, 3.05) is 7.11 Å². The Bertz CT molecular complexity index is 446. The number of hydrogen-bond acceptors (Lipinski definition) is 4. The highest BCUT2D eigenvalue weighted by molar-refractivity contribution is 6.00. The average Bonchev–Trinajstić information content (AvgIpc) is 2.96. The van der Waals surface area contributed by atoms with Gasteiger partial charge in [-0.3, -0.25) is 9.59 Å². The second-order valence-electron chi connectivity index (χ2n) is 4.84. The molecule has 0 aromatic heterocycles. The molecule has 2 rings (SSSR count). The van der Waals surface area contributed by atoms with Crippen LogP contribution in [-0.2, 0) is 25.7 Å². The largest absolute Gasteiger partial charge is 0.468 e. The maximum atomic E-state index is 12.2. The number of carbonyl (C=O) groups is 2. The standard InChI is InChI=1S/C15H18O4/c1-18-13(16)15(9-5-6-10-15)14(17)19-11-12-7-3-2-4-8-12/h2-4,7-8H,5-6,9-11H2,1H3. The number of rotatable bonds is 4. The van der Waals surface area contributed by atoms with Crippen LogP contribution in [0.3, 0.4) is 0 Å². The van der Waals surface area contributed by atoms with Crippen LogP contribution in [-0.4, -0.2) is 19.0 Å². The lowest BCUT2D eigenvalue weighted by Gasteiger charge is -2.23. The topological polar surface area (TPSA) is 52.6 Å². The minimum absolute atomic E-state index is 0.193. The zero-order chi connectivity index (χ0) is 13.7. The summed E-state index contributed by atoms with van der Waals surface area (Å²) in [6.45, 7) is 0.193. The Morgan fingerprint density at radius 2 is 1.74 bits per heavy atom. The third-order valence-corrected chi connectivity index (χ3v) is 3.64. The van der Waals surface area contributed by atoms with E-state index in [1.807, 2.05) is 30.3 Å². The number of carbonyl (C=O) groups excluding carboxylic acids is 2. The Morgan fingerprint density at radius 1 is 1.11 bits per heavy atom. The van der Waals surface area contributed by atoms with Crippen molar-refractivity contribution < 1.29 is 19.1 Å². The number of benzene rings is 1. The molecule has 1 aromatic carbocycles. The molecule has 0 amide bonds. The number of ether oxygens (including phenoxy) is 2. The van der Waals surface area contributed by atoms with E-state index < -0.39 is 17.4 Å². The van der Waals surface area contributed by atoms with E-state index >= 15 is 0 Å². The molecule has 1 fully saturated rings. The predicted molar refractivity (Wildman–Crippen MR) is 69.2 cm³/mol. The summed E-state index contributed by atoms with van der Waals surface area (Å²) in [4.78, 5) is 24.1. The third-order valence-electron chi connectivity index (χ3n) is 3.64. The molecule has 0 radical (unpaired) electrons. The van der Waals surface area contributed by atoms with E-state index in [2.05, 4.69) is 0 Å². The van der Waals surface area contributed by atoms with Gasteiger partial charge < -0.3 is 9.47 Å². The van der Waals surface area contributed by atoms with E-state index in [0.717, 1.165) is 18.4 Å². The van der Waals surface area contributed by atoms with Crippen LogP contribution in [0.2, 0.25) is 0 Å². The zero-order valence-electron chi connectivity index (χ0n) is 11.1. The van der Waals surface area contributed by atoms with E-state index in [0.29, 0.717) is 12.8 Å². The van der Waals surface area contributed by atoms with Crippen LogP contribution in [0.25, 0.3) is 0 Å². The van der Waals surface area contributed by atoms with Gasteiger partial charge in [-0.15, -0.1) is 0 Å². The highest BCUT2D eigenvalue weighted by atomic mass is 16.6. The van der Waals surface area contributed by atoms with Gasteiger partial charge in [0.1, 0.15) is 6.61 Å². The van der Waals surface area contributed by atoms with Gasteiger partial charge in [-0.2, -0.15) is 0 Å². The highest BCUT2D eigenvalue weighted by Gasteiger charge is 2.50. The van der Waals surface area contributed by atoms with Crippen LogP contribution in [0.1, 0.15) is 31.2 Å². The Kier molecular flexibility index (Phi) is 4.20. The molecule has 0 saturated heterocycles. The maximum Gasteiger partial charge on any atom is 0.323 e. The van der Waals surface area contributed by atoms with E-state index in [1.165, 1.54) is 7.11 Å². The molecule has 102 valence electrons. The molecular weight excluding hydrogens is 244 g/mol. The van der Waals surface area contributed by atoms with Crippen LogP contribution in [0, 0.1) is 5.41 Å². The summed E-state index contributed by atoms with van der Waals surface area (Å²) in [7, 11) is 1.31. The molecule has 0 unspecified atom stereocenters. The van der Waals surface area contributed by atoms with Crippen molar-refractivity contribution in [3.63, 3.8) is 0 Å². The SMILES string of the molecule is COC(=O)C1(C(=O)OCc2ccccc2)CCCC1. The molecule has 0 spiro atoms. The second-order valence-corrected chi connectivity index (χ2v) is 4.84. The summed E-state index contributed by atoms with van der Waals surface area (Å²) in [5.74, 6) is -0.927. The summed E-state index contributed by atoms with van der Waals surface area (Å²) in [6, 6.07) is 9.43. The fourth-order valence-corrected chi connectivity index (χ4v) is 2.53. The molecule has 4 nitrogen and oxygen atoms in total. The highest BCUT2D eigenvalue weighted by Crippen LogP contribution is 2.40. The minimum atomic E-state index is -1.08. The molecule has 1 aliphatic carbocycles. The lowest BCUT2D eigenvalue weighted by molar-refractivity contribution is -0.171. The van der Waals surface area contributed by atoms with E-state index in [4.69, 9.17) is 9.47 Å². The Balaban J connectivity index is 2.03. The Labute approximate surface area is 112 Å². The van der Waals surface area contributed by atoms with Crippen molar-refractivity contribution >= 4 is 11.9 Å². The zero-order valence-corrected chi connectivity index (χ0v) is 11.1. The van der Waals surface area contributed by atoms with Crippen molar-refractivity contribution in [1.82, 2.24) is 0 Å². The van der Waals surface area contributed by atoms with Crippen molar-refractivity contribution in [1.29, 1.82) is 0 Å². The summed E-state index contributed by atoms with van der Waals surface area (Å²) >= 11 is 0. The van der Waals surface area contributed by atoms with Crippen LogP contribution in [0.15, 0.2) is 30.3 Å². The average molecular weight is 262 g/mol. The third kappa shape index (κ3) is 2.78. The Morgan fingerprint density at radius 3 is 2.32 bits per heavy atom. The molecule has 4 heteroatoms. The van der Waals surface area contributed by atoms with Crippen molar-refractivity contribution in [2.45, 2.75) is 32.3 Å². The molecule has 0 N–H and O–H groups in total. The number of methoxy groups -OCH3 is 1. The van der Waals surface area contributed by atoms with Crippen LogP contribution < -0.4 is 0 Å². The van der Waals surface area contributed by atoms with Gasteiger partial charge >= 0.3 is 11.9 Å². The minimum Gasteiger partial charge on any atom is -0.468 e. The number of esters is 2. The van der Waals surface area contributed by atoms with Crippen LogP contribution >= 0.6 is 0 Å². The molecular formula is C15H18O4. The van der Waals surface area contributed by atoms with Crippen molar-refractivity contribution in [3.8, 4) is 0 Å². The molecule has 0 atom stereocenters. The van der Waals surface area contributed by atoms with Gasteiger partial charge in [-0.05, 0) is 18.4 Å². The van der Waals surface area contributed by atoms with Gasteiger partial charge in [0.15, 0.2) is 5.41 Å².